The molecule has 0 fully saturated rings. The van der Waals surface area contributed by atoms with Crippen LogP contribution in [0.3, 0.4) is 0 Å². The fraction of sp³-hybridized carbons (Fsp3) is 0.160. The van der Waals surface area contributed by atoms with Crippen LogP contribution in [0.25, 0.3) is 11.5 Å². The molecule has 10 heteroatoms. The summed E-state index contributed by atoms with van der Waals surface area (Å²) in [5, 5.41) is 10.4. The Kier molecular flexibility index (Phi) is 6.42. The van der Waals surface area contributed by atoms with Crippen LogP contribution < -0.4 is 5.32 Å². The number of aromatic nitrogens is 2. The van der Waals surface area contributed by atoms with Gasteiger partial charge in [-0.05, 0) is 72.3 Å². The molecule has 1 aliphatic heterocycles. The molecule has 2 heterocycles. The number of thioether (sulfide) groups is 1. The molecule has 4 aromatic rings. The van der Waals surface area contributed by atoms with Gasteiger partial charge in [-0.3, -0.25) is 10.1 Å². The number of nitrogens with one attached hydrogen (secondary N) is 1. The van der Waals surface area contributed by atoms with Crippen molar-refractivity contribution in [3.8, 4) is 11.5 Å². The van der Waals surface area contributed by atoms with Crippen LogP contribution in [-0.2, 0) is 23.0 Å². The lowest BCUT2D eigenvalue weighted by Crippen LogP contribution is -2.35. The minimum absolute atomic E-state index is 0.0392. The van der Waals surface area contributed by atoms with E-state index in [2.05, 4.69) is 15.5 Å². The second kappa shape index (κ2) is 9.65. The Morgan fingerprint density at radius 3 is 2.40 bits per heavy atom. The molecule has 0 unspecified atom stereocenters. The minimum atomic E-state index is -3.68. The average Bonchev–Trinajstić information content (AvgIpc) is 3.37. The van der Waals surface area contributed by atoms with E-state index in [-0.39, 0.29) is 22.4 Å². The number of rotatable bonds is 6. The second-order valence-electron chi connectivity index (χ2n) is 7.98. The molecule has 0 atom stereocenters. The highest BCUT2D eigenvalue weighted by Gasteiger charge is 2.28. The summed E-state index contributed by atoms with van der Waals surface area (Å²) in [6.07, 6.45) is 2.66. The van der Waals surface area contributed by atoms with E-state index in [1.807, 2.05) is 54.8 Å². The monoisotopic (exact) mass is 506 g/mol. The molecule has 0 saturated heterocycles. The van der Waals surface area contributed by atoms with Crippen molar-refractivity contribution in [3.63, 3.8) is 0 Å². The number of amides is 1. The van der Waals surface area contributed by atoms with E-state index >= 15 is 0 Å². The van der Waals surface area contributed by atoms with Gasteiger partial charge in [0.2, 0.25) is 15.9 Å². The molecule has 5 rings (SSSR count). The summed E-state index contributed by atoms with van der Waals surface area (Å²) in [7, 11) is -3.68. The molecule has 3 aromatic carbocycles. The van der Waals surface area contributed by atoms with Crippen LogP contribution >= 0.6 is 11.8 Å². The van der Waals surface area contributed by atoms with Crippen LogP contribution in [0.1, 0.15) is 21.5 Å². The summed E-state index contributed by atoms with van der Waals surface area (Å²) in [5.41, 5.74) is 3.20. The first-order valence-corrected chi connectivity index (χ1v) is 13.6. The Labute approximate surface area is 207 Å². The van der Waals surface area contributed by atoms with E-state index in [0.717, 1.165) is 16.0 Å². The molecule has 1 aliphatic rings. The predicted molar refractivity (Wildman–Crippen MR) is 134 cm³/mol. The van der Waals surface area contributed by atoms with Gasteiger partial charge in [0.25, 0.3) is 5.91 Å². The summed E-state index contributed by atoms with van der Waals surface area (Å²) in [5.74, 6) is -0.189. The van der Waals surface area contributed by atoms with E-state index < -0.39 is 15.9 Å². The molecular formula is C25H22N4O4S2. The Balaban J connectivity index is 1.26. The first-order valence-electron chi connectivity index (χ1n) is 10.9. The summed E-state index contributed by atoms with van der Waals surface area (Å²) in [6.45, 7) is 0.751. The maximum Gasteiger partial charge on any atom is 0.322 e. The third-order valence-electron chi connectivity index (χ3n) is 5.83. The maximum absolute atomic E-state index is 13.1. The smallest absolute Gasteiger partial charge is 0.322 e. The van der Waals surface area contributed by atoms with E-state index in [1.165, 1.54) is 34.1 Å². The largest absolute Gasteiger partial charge is 0.403 e. The van der Waals surface area contributed by atoms with Crippen LogP contribution in [0, 0.1) is 0 Å². The molecule has 0 aliphatic carbocycles. The Hall–Kier alpha value is -3.47. The Morgan fingerprint density at radius 2 is 1.69 bits per heavy atom. The van der Waals surface area contributed by atoms with Crippen LogP contribution in [0.2, 0.25) is 0 Å². The summed E-state index contributed by atoms with van der Waals surface area (Å²) >= 11 is 1.63. The van der Waals surface area contributed by atoms with Crippen molar-refractivity contribution < 1.29 is 17.6 Å². The SMILES string of the molecule is CSc1ccc(-c2nnc(NC(=O)c3ccc(S(=O)(=O)N4CCc5ccccc5C4)cc3)o2)cc1. The topological polar surface area (TPSA) is 105 Å². The van der Waals surface area contributed by atoms with Crippen molar-refractivity contribution in [1.29, 1.82) is 0 Å². The number of fused-ring (bicyclic) bond motifs is 1. The number of anilines is 1. The highest BCUT2D eigenvalue weighted by Crippen LogP contribution is 2.26. The number of hydrogen-bond donors (Lipinski definition) is 1. The summed E-state index contributed by atoms with van der Waals surface area (Å²) in [6, 6.07) is 21.3. The van der Waals surface area contributed by atoms with Crippen molar-refractivity contribution in [2.75, 3.05) is 18.1 Å². The molecule has 1 amide bonds. The van der Waals surface area contributed by atoms with Crippen LogP contribution in [-0.4, -0.2) is 41.6 Å². The van der Waals surface area contributed by atoms with Crippen molar-refractivity contribution in [2.45, 2.75) is 22.8 Å². The van der Waals surface area contributed by atoms with Gasteiger partial charge in [0.1, 0.15) is 0 Å². The number of carbonyl (C=O) groups excluding carboxylic acids is 1. The van der Waals surface area contributed by atoms with Crippen LogP contribution in [0.15, 0.2) is 87.0 Å². The van der Waals surface area contributed by atoms with Crippen molar-refractivity contribution in [3.05, 3.63) is 89.5 Å². The molecule has 1 aromatic heterocycles. The zero-order chi connectivity index (χ0) is 24.4. The van der Waals surface area contributed by atoms with Crippen LogP contribution in [0.5, 0.6) is 0 Å². The number of sulfonamides is 1. The third-order valence-corrected chi connectivity index (χ3v) is 8.44. The number of carbonyl (C=O) groups is 1. The first kappa shape index (κ1) is 23.3. The fourth-order valence-electron chi connectivity index (χ4n) is 3.90. The van der Waals surface area contributed by atoms with E-state index in [1.54, 1.807) is 11.8 Å². The fourth-order valence-corrected chi connectivity index (χ4v) is 5.72. The Morgan fingerprint density at radius 1 is 0.971 bits per heavy atom. The second-order valence-corrected chi connectivity index (χ2v) is 10.8. The standard InChI is InChI=1S/C25H22N4O4S2/c1-34-21-10-6-19(7-11-21)24-27-28-25(33-24)26-23(30)18-8-12-22(13-9-18)35(31,32)29-15-14-17-4-2-3-5-20(17)16-29/h2-13H,14-16H2,1H3,(H,26,28,30). The molecular weight excluding hydrogens is 484 g/mol. The maximum atomic E-state index is 13.1. The first-order chi connectivity index (χ1) is 16.9. The number of nitrogens with zero attached hydrogens (tertiary/aromatic N) is 3. The molecule has 0 spiro atoms. The van der Waals surface area contributed by atoms with Gasteiger partial charge in [-0.2, -0.15) is 4.31 Å². The zero-order valence-corrected chi connectivity index (χ0v) is 20.5. The van der Waals surface area contributed by atoms with Crippen molar-refractivity contribution in [2.24, 2.45) is 0 Å². The molecule has 1 N–H and O–H groups in total. The van der Waals surface area contributed by atoms with Crippen LogP contribution in [0.4, 0.5) is 6.01 Å². The molecule has 35 heavy (non-hydrogen) atoms. The van der Waals surface area contributed by atoms with Gasteiger partial charge in [0, 0.05) is 29.1 Å². The van der Waals surface area contributed by atoms with Gasteiger partial charge in [0.05, 0.1) is 4.90 Å². The van der Waals surface area contributed by atoms with Crippen molar-refractivity contribution in [1.82, 2.24) is 14.5 Å². The third kappa shape index (κ3) is 4.86. The minimum Gasteiger partial charge on any atom is -0.403 e. The van der Waals surface area contributed by atoms with Gasteiger partial charge < -0.3 is 4.42 Å². The van der Waals surface area contributed by atoms with Crippen molar-refractivity contribution >= 4 is 33.7 Å². The molecule has 0 radical (unpaired) electrons. The van der Waals surface area contributed by atoms with E-state index in [4.69, 9.17) is 4.42 Å². The van der Waals surface area contributed by atoms with Gasteiger partial charge in [-0.25, -0.2) is 8.42 Å². The highest BCUT2D eigenvalue weighted by atomic mass is 32.2. The zero-order valence-electron chi connectivity index (χ0n) is 18.8. The van der Waals surface area contributed by atoms with Gasteiger partial charge in [-0.1, -0.05) is 29.4 Å². The van der Waals surface area contributed by atoms with Gasteiger partial charge in [-0.15, -0.1) is 16.9 Å². The summed E-state index contributed by atoms with van der Waals surface area (Å²) < 4.78 is 33.3. The van der Waals surface area contributed by atoms with Gasteiger partial charge >= 0.3 is 6.01 Å². The number of benzene rings is 3. The summed E-state index contributed by atoms with van der Waals surface area (Å²) in [4.78, 5) is 13.9. The molecule has 178 valence electrons. The predicted octanol–water partition coefficient (Wildman–Crippen LogP) is 4.46. The number of hydrogen-bond acceptors (Lipinski definition) is 7. The normalized spacial score (nSPS) is 13.9. The molecule has 0 saturated carbocycles. The quantitative estimate of drug-likeness (QED) is 0.385. The lowest BCUT2D eigenvalue weighted by atomic mass is 10.0. The molecule has 0 bridgehead atoms. The van der Waals surface area contributed by atoms with Gasteiger partial charge in [0.15, 0.2) is 0 Å². The van der Waals surface area contributed by atoms with E-state index in [9.17, 15) is 13.2 Å². The molecule has 8 nitrogen and oxygen atoms in total. The highest BCUT2D eigenvalue weighted by molar-refractivity contribution is 7.98. The van der Waals surface area contributed by atoms with E-state index in [0.29, 0.717) is 19.5 Å². The average molecular weight is 507 g/mol. The Bertz CT molecular complexity index is 1470. The lowest BCUT2D eigenvalue weighted by molar-refractivity contribution is 0.102. The lowest BCUT2D eigenvalue weighted by Gasteiger charge is -2.28.